The minimum absolute atomic E-state index is 0.122. The van der Waals surface area contributed by atoms with Gasteiger partial charge in [-0.25, -0.2) is 0 Å². The van der Waals surface area contributed by atoms with E-state index < -0.39 is 0 Å². The summed E-state index contributed by atoms with van der Waals surface area (Å²) in [4.78, 5) is 0. The third-order valence-corrected chi connectivity index (χ3v) is 3.58. The molecule has 0 heterocycles. The molecule has 1 nitrogen and oxygen atoms in total. The van der Waals surface area contributed by atoms with Crippen molar-refractivity contribution in [2.45, 2.75) is 60.0 Å². The van der Waals surface area contributed by atoms with Crippen molar-refractivity contribution >= 4 is 0 Å². The zero-order chi connectivity index (χ0) is 11.6. The Bertz CT molecular complexity index is 232. The molecule has 0 spiro atoms. The van der Waals surface area contributed by atoms with Crippen molar-refractivity contribution in [3.8, 4) is 0 Å². The first kappa shape index (κ1) is 12.8. The molecule has 0 aromatic heterocycles. The van der Waals surface area contributed by atoms with Crippen molar-refractivity contribution in [1.29, 1.82) is 0 Å². The third-order valence-electron chi connectivity index (χ3n) is 3.58. The summed E-state index contributed by atoms with van der Waals surface area (Å²) >= 11 is 0. The van der Waals surface area contributed by atoms with Gasteiger partial charge in [-0.05, 0) is 36.5 Å². The Morgan fingerprint density at radius 1 is 1.33 bits per heavy atom. The fourth-order valence-electron chi connectivity index (χ4n) is 2.39. The first-order valence-electron chi connectivity index (χ1n) is 6.20. The first-order chi connectivity index (χ1) is 6.82. The van der Waals surface area contributed by atoms with Gasteiger partial charge in [-0.3, -0.25) is 0 Å². The molecule has 0 aromatic carbocycles. The average Bonchev–Trinajstić information content (AvgIpc) is 2.15. The average molecular weight is 210 g/mol. The summed E-state index contributed by atoms with van der Waals surface area (Å²) in [5.41, 5.74) is 1.88. The maximum absolute atomic E-state index is 10.0. The number of rotatable bonds is 2. The topological polar surface area (TPSA) is 20.2 Å². The Morgan fingerprint density at radius 3 is 2.27 bits per heavy atom. The minimum Gasteiger partial charge on any atom is -0.393 e. The minimum atomic E-state index is -0.122. The van der Waals surface area contributed by atoms with E-state index in [9.17, 15) is 5.11 Å². The third kappa shape index (κ3) is 3.34. The molecule has 0 amide bonds. The molecule has 0 aliphatic heterocycles. The highest BCUT2D eigenvalue weighted by Crippen LogP contribution is 2.37. The Kier molecular flexibility index (Phi) is 3.99. The lowest BCUT2D eigenvalue weighted by atomic mass is 9.75. The van der Waals surface area contributed by atoms with E-state index in [0.717, 1.165) is 19.3 Å². The molecule has 88 valence electrons. The van der Waals surface area contributed by atoms with E-state index in [1.165, 1.54) is 0 Å². The zero-order valence-corrected chi connectivity index (χ0v) is 10.9. The molecule has 1 aliphatic rings. The molecule has 15 heavy (non-hydrogen) atoms. The molecule has 2 atom stereocenters. The van der Waals surface area contributed by atoms with Crippen LogP contribution in [0, 0.1) is 17.3 Å². The van der Waals surface area contributed by atoms with Crippen molar-refractivity contribution < 1.29 is 5.11 Å². The highest BCUT2D eigenvalue weighted by molar-refractivity contribution is 5.14. The molecule has 0 fully saturated rings. The predicted octanol–water partition coefficient (Wildman–Crippen LogP) is 3.78. The van der Waals surface area contributed by atoms with E-state index in [4.69, 9.17) is 0 Å². The van der Waals surface area contributed by atoms with Crippen LogP contribution in [-0.4, -0.2) is 11.2 Å². The lowest BCUT2D eigenvalue weighted by Crippen LogP contribution is -2.28. The summed E-state index contributed by atoms with van der Waals surface area (Å²) in [5, 5.41) is 10.0. The molecule has 1 N–H and O–H groups in total. The van der Waals surface area contributed by atoms with Crippen LogP contribution in [0.2, 0.25) is 0 Å². The van der Waals surface area contributed by atoms with Crippen molar-refractivity contribution in [2.24, 2.45) is 17.3 Å². The molecule has 0 bridgehead atoms. The number of hydrogen-bond donors (Lipinski definition) is 1. The van der Waals surface area contributed by atoms with E-state index in [1.54, 1.807) is 5.57 Å². The van der Waals surface area contributed by atoms with Gasteiger partial charge in [-0.1, -0.05) is 46.3 Å². The van der Waals surface area contributed by atoms with E-state index in [2.05, 4.69) is 40.7 Å². The van der Waals surface area contributed by atoms with Crippen LogP contribution in [-0.2, 0) is 0 Å². The van der Waals surface area contributed by atoms with Crippen LogP contribution < -0.4 is 0 Å². The normalized spacial score (nSPS) is 25.3. The van der Waals surface area contributed by atoms with E-state index >= 15 is 0 Å². The van der Waals surface area contributed by atoms with E-state index in [-0.39, 0.29) is 6.10 Å². The Hall–Kier alpha value is -0.300. The monoisotopic (exact) mass is 210 g/mol. The first-order valence-corrected chi connectivity index (χ1v) is 6.20. The molecule has 1 aliphatic carbocycles. The zero-order valence-electron chi connectivity index (χ0n) is 10.9. The van der Waals surface area contributed by atoms with Crippen LogP contribution >= 0.6 is 0 Å². The summed E-state index contributed by atoms with van der Waals surface area (Å²) < 4.78 is 0. The maximum atomic E-state index is 10.0. The van der Waals surface area contributed by atoms with Crippen LogP contribution in [0.4, 0.5) is 0 Å². The lowest BCUT2D eigenvalue weighted by molar-refractivity contribution is 0.0583. The van der Waals surface area contributed by atoms with Gasteiger partial charge < -0.3 is 5.11 Å². The Balaban J connectivity index is 2.58. The van der Waals surface area contributed by atoms with Gasteiger partial charge >= 0.3 is 0 Å². The van der Waals surface area contributed by atoms with Gasteiger partial charge in [0.1, 0.15) is 0 Å². The fourth-order valence-corrected chi connectivity index (χ4v) is 2.39. The lowest BCUT2D eigenvalue weighted by Gasteiger charge is -2.33. The molecule has 0 aromatic rings. The van der Waals surface area contributed by atoms with Crippen LogP contribution in [0.1, 0.15) is 53.9 Å². The molecular formula is C14H26O. The van der Waals surface area contributed by atoms with Gasteiger partial charge in [0, 0.05) is 0 Å². The standard InChI is InChI=1S/C14H26O/c1-10(2)13(15)11-6-8-12(9-7-11)14(3,4)5/h8,10-11,13,15H,6-7,9H2,1-5H3. The summed E-state index contributed by atoms with van der Waals surface area (Å²) in [7, 11) is 0. The second-order valence-corrected chi connectivity index (χ2v) is 6.25. The molecule has 0 radical (unpaired) electrons. The number of allylic oxidation sites excluding steroid dienone is 2. The molecule has 1 heteroatoms. The molecular weight excluding hydrogens is 184 g/mol. The quantitative estimate of drug-likeness (QED) is 0.688. The van der Waals surface area contributed by atoms with Crippen LogP contribution in [0.5, 0.6) is 0 Å². The van der Waals surface area contributed by atoms with Gasteiger partial charge in [-0.15, -0.1) is 0 Å². The summed E-state index contributed by atoms with van der Waals surface area (Å²) in [6, 6.07) is 0. The summed E-state index contributed by atoms with van der Waals surface area (Å²) in [6.45, 7) is 11.0. The summed E-state index contributed by atoms with van der Waals surface area (Å²) in [5.74, 6) is 0.871. The highest BCUT2D eigenvalue weighted by Gasteiger charge is 2.27. The van der Waals surface area contributed by atoms with Crippen molar-refractivity contribution in [2.75, 3.05) is 0 Å². The van der Waals surface area contributed by atoms with Gasteiger partial charge in [0.15, 0.2) is 0 Å². The van der Waals surface area contributed by atoms with Gasteiger partial charge in [0.25, 0.3) is 0 Å². The SMILES string of the molecule is CC(C)C(O)C1CC=C(C(C)(C)C)CC1. The molecule has 0 saturated carbocycles. The smallest absolute Gasteiger partial charge is 0.0594 e. The van der Waals surface area contributed by atoms with Gasteiger partial charge in [0.05, 0.1) is 6.10 Å². The van der Waals surface area contributed by atoms with Crippen LogP contribution in [0.3, 0.4) is 0 Å². The second-order valence-electron chi connectivity index (χ2n) is 6.25. The fraction of sp³-hybridized carbons (Fsp3) is 0.857. The maximum Gasteiger partial charge on any atom is 0.0594 e. The Morgan fingerprint density at radius 2 is 1.93 bits per heavy atom. The van der Waals surface area contributed by atoms with Gasteiger partial charge in [0.2, 0.25) is 0 Å². The second kappa shape index (κ2) is 4.69. The summed E-state index contributed by atoms with van der Waals surface area (Å²) in [6.07, 6.45) is 5.62. The van der Waals surface area contributed by atoms with Crippen LogP contribution in [0.15, 0.2) is 11.6 Å². The predicted molar refractivity (Wildman–Crippen MR) is 65.7 cm³/mol. The van der Waals surface area contributed by atoms with E-state index in [0.29, 0.717) is 17.3 Å². The van der Waals surface area contributed by atoms with Crippen LogP contribution in [0.25, 0.3) is 0 Å². The number of aliphatic hydroxyl groups excluding tert-OH is 1. The van der Waals surface area contributed by atoms with E-state index in [1.807, 2.05) is 0 Å². The largest absolute Gasteiger partial charge is 0.393 e. The molecule has 0 saturated heterocycles. The molecule has 1 rings (SSSR count). The molecule has 2 unspecified atom stereocenters. The van der Waals surface area contributed by atoms with Crippen molar-refractivity contribution in [1.82, 2.24) is 0 Å². The van der Waals surface area contributed by atoms with Gasteiger partial charge in [-0.2, -0.15) is 0 Å². The highest BCUT2D eigenvalue weighted by atomic mass is 16.3. The van der Waals surface area contributed by atoms with Crippen molar-refractivity contribution in [3.63, 3.8) is 0 Å². The Labute approximate surface area is 94.6 Å². The number of aliphatic hydroxyl groups is 1. The van der Waals surface area contributed by atoms with Crippen molar-refractivity contribution in [3.05, 3.63) is 11.6 Å². The number of hydrogen-bond acceptors (Lipinski definition) is 1.